The Kier molecular flexibility index (Phi) is 3.88. The van der Waals surface area contributed by atoms with Crippen LogP contribution in [0.4, 0.5) is 0 Å². The van der Waals surface area contributed by atoms with E-state index in [1.165, 1.54) is 50.8 Å². The van der Waals surface area contributed by atoms with Gasteiger partial charge in [-0.3, -0.25) is 4.90 Å². The van der Waals surface area contributed by atoms with E-state index >= 15 is 0 Å². The largest absolute Gasteiger partial charge is 0.497 e. The Morgan fingerprint density at radius 1 is 1.11 bits per heavy atom. The van der Waals surface area contributed by atoms with Gasteiger partial charge >= 0.3 is 0 Å². The summed E-state index contributed by atoms with van der Waals surface area (Å²) in [5, 5.41) is 0. The van der Waals surface area contributed by atoms with E-state index in [0.29, 0.717) is 6.04 Å². The molecule has 1 saturated heterocycles. The number of methoxy groups -OCH3 is 1. The molecule has 2 nitrogen and oxygen atoms in total. The van der Waals surface area contributed by atoms with Crippen molar-refractivity contribution in [1.82, 2.24) is 4.90 Å². The third kappa shape index (κ3) is 2.84. The Balaban J connectivity index is 1.78. The van der Waals surface area contributed by atoms with Gasteiger partial charge in [0.1, 0.15) is 5.75 Å². The molecular formula is C17H23NO. The van der Waals surface area contributed by atoms with Crippen LogP contribution in [-0.4, -0.2) is 31.1 Å². The van der Waals surface area contributed by atoms with Crippen molar-refractivity contribution in [2.24, 2.45) is 0 Å². The molecule has 0 spiro atoms. The highest BCUT2D eigenvalue weighted by Gasteiger charge is 2.28. The molecule has 0 N–H and O–H groups in total. The van der Waals surface area contributed by atoms with Crippen LogP contribution in [0.5, 0.6) is 5.75 Å². The minimum absolute atomic E-state index is 0.713. The molecule has 0 radical (unpaired) electrons. The summed E-state index contributed by atoms with van der Waals surface area (Å²) in [5.74, 6) is 0.935. The first-order chi connectivity index (χ1) is 9.36. The molecule has 1 aliphatic carbocycles. The molecule has 2 aliphatic rings. The Morgan fingerprint density at radius 3 is 2.53 bits per heavy atom. The highest BCUT2D eigenvalue weighted by Crippen LogP contribution is 2.32. The molecule has 0 amide bonds. The molecule has 1 aromatic rings. The Hall–Kier alpha value is -1.28. The number of benzene rings is 1. The van der Waals surface area contributed by atoms with Crippen LogP contribution >= 0.6 is 0 Å². The summed E-state index contributed by atoms with van der Waals surface area (Å²) in [4.78, 5) is 2.65. The Morgan fingerprint density at radius 2 is 1.89 bits per heavy atom. The van der Waals surface area contributed by atoms with Gasteiger partial charge in [-0.1, -0.05) is 30.2 Å². The predicted octanol–water partition coefficient (Wildman–Crippen LogP) is 3.73. The maximum absolute atomic E-state index is 5.22. The Bertz CT molecular complexity index is 445. The summed E-state index contributed by atoms with van der Waals surface area (Å²) in [6, 6.07) is 9.13. The van der Waals surface area contributed by atoms with Crippen molar-refractivity contribution in [2.75, 3.05) is 20.2 Å². The minimum Gasteiger partial charge on any atom is -0.497 e. The molecule has 0 bridgehead atoms. The summed E-state index contributed by atoms with van der Waals surface area (Å²) >= 11 is 0. The maximum Gasteiger partial charge on any atom is 0.118 e. The number of ether oxygens (including phenoxy) is 1. The maximum atomic E-state index is 5.22. The number of hydrogen-bond donors (Lipinski definition) is 0. The van der Waals surface area contributed by atoms with Gasteiger partial charge in [0, 0.05) is 6.04 Å². The van der Waals surface area contributed by atoms with Crippen molar-refractivity contribution in [2.45, 2.75) is 38.1 Å². The van der Waals surface area contributed by atoms with Crippen LogP contribution in [0.2, 0.25) is 0 Å². The molecule has 102 valence electrons. The van der Waals surface area contributed by atoms with Crippen molar-refractivity contribution in [1.29, 1.82) is 0 Å². The molecule has 1 aliphatic heterocycles. The fraction of sp³-hybridized carbons (Fsp3) is 0.529. The summed E-state index contributed by atoms with van der Waals surface area (Å²) < 4.78 is 5.22. The van der Waals surface area contributed by atoms with Gasteiger partial charge in [-0.05, 0) is 56.5 Å². The molecule has 1 atom stereocenters. The van der Waals surface area contributed by atoms with Crippen molar-refractivity contribution in [3.05, 3.63) is 35.4 Å². The number of nitrogens with zero attached hydrogens (tertiary/aromatic N) is 1. The molecule has 19 heavy (non-hydrogen) atoms. The Labute approximate surface area is 116 Å². The zero-order valence-corrected chi connectivity index (χ0v) is 11.8. The van der Waals surface area contributed by atoms with Crippen molar-refractivity contribution >= 4 is 6.08 Å². The van der Waals surface area contributed by atoms with Crippen LogP contribution in [0.3, 0.4) is 0 Å². The lowest BCUT2D eigenvalue weighted by molar-refractivity contribution is 0.121. The number of hydrogen-bond acceptors (Lipinski definition) is 2. The van der Waals surface area contributed by atoms with Crippen LogP contribution in [0.15, 0.2) is 29.8 Å². The lowest BCUT2D eigenvalue weighted by Crippen LogP contribution is -2.46. The number of likely N-dealkylation sites (tertiary alicyclic amines) is 1. The molecule has 2 fully saturated rings. The second kappa shape index (κ2) is 5.79. The van der Waals surface area contributed by atoms with E-state index in [4.69, 9.17) is 4.74 Å². The fourth-order valence-electron chi connectivity index (χ4n) is 3.17. The average Bonchev–Trinajstić information content (AvgIpc) is 2.40. The minimum atomic E-state index is 0.713. The lowest BCUT2D eigenvalue weighted by atomic mass is 9.86. The average molecular weight is 257 g/mol. The second-order valence-corrected chi connectivity index (χ2v) is 5.64. The normalized spacial score (nSPS) is 26.2. The zero-order chi connectivity index (χ0) is 13.1. The molecule has 1 saturated carbocycles. The van der Waals surface area contributed by atoms with E-state index in [-0.39, 0.29) is 0 Å². The first-order valence-electron chi connectivity index (χ1n) is 7.45. The van der Waals surface area contributed by atoms with E-state index in [0.717, 1.165) is 5.75 Å². The van der Waals surface area contributed by atoms with E-state index in [1.807, 2.05) is 12.1 Å². The van der Waals surface area contributed by atoms with Crippen LogP contribution < -0.4 is 4.74 Å². The number of rotatable bonds is 3. The third-order valence-electron chi connectivity index (χ3n) is 4.42. The SMILES string of the molecule is COc1ccc(/C=C2/CCCCC2N2CCC2)cc1. The molecule has 2 heteroatoms. The van der Waals surface area contributed by atoms with Crippen LogP contribution in [-0.2, 0) is 0 Å². The molecule has 1 heterocycles. The second-order valence-electron chi connectivity index (χ2n) is 5.64. The van der Waals surface area contributed by atoms with Gasteiger partial charge in [-0.15, -0.1) is 0 Å². The van der Waals surface area contributed by atoms with E-state index < -0.39 is 0 Å². The van der Waals surface area contributed by atoms with Gasteiger partial charge in [0.15, 0.2) is 0 Å². The van der Waals surface area contributed by atoms with Gasteiger partial charge < -0.3 is 4.74 Å². The predicted molar refractivity (Wildman–Crippen MR) is 79.4 cm³/mol. The van der Waals surface area contributed by atoms with Gasteiger partial charge in [0.05, 0.1) is 7.11 Å². The lowest BCUT2D eigenvalue weighted by Gasteiger charge is -2.42. The smallest absolute Gasteiger partial charge is 0.118 e. The standard InChI is InChI=1S/C17H23NO/c1-19-16-9-7-14(8-10-16)13-15-5-2-3-6-17(15)18-11-4-12-18/h7-10,13,17H,2-6,11-12H2,1H3/b15-13-. The van der Waals surface area contributed by atoms with E-state index in [9.17, 15) is 0 Å². The third-order valence-corrected chi connectivity index (χ3v) is 4.42. The first-order valence-corrected chi connectivity index (χ1v) is 7.45. The van der Waals surface area contributed by atoms with Crippen LogP contribution in [0.25, 0.3) is 6.08 Å². The molecular weight excluding hydrogens is 234 g/mol. The molecule has 3 rings (SSSR count). The highest BCUT2D eigenvalue weighted by atomic mass is 16.5. The monoisotopic (exact) mass is 257 g/mol. The summed E-state index contributed by atoms with van der Waals surface area (Å²) in [7, 11) is 1.72. The van der Waals surface area contributed by atoms with Crippen LogP contribution in [0.1, 0.15) is 37.7 Å². The zero-order valence-electron chi connectivity index (χ0n) is 11.8. The van der Waals surface area contributed by atoms with Gasteiger partial charge in [-0.25, -0.2) is 0 Å². The van der Waals surface area contributed by atoms with Crippen molar-refractivity contribution < 1.29 is 4.74 Å². The van der Waals surface area contributed by atoms with Crippen molar-refractivity contribution in [3.8, 4) is 5.75 Å². The fourth-order valence-corrected chi connectivity index (χ4v) is 3.17. The topological polar surface area (TPSA) is 12.5 Å². The van der Waals surface area contributed by atoms with Gasteiger partial charge in [0.25, 0.3) is 0 Å². The summed E-state index contributed by atoms with van der Waals surface area (Å²) in [6.07, 6.45) is 9.15. The molecule has 1 aromatic carbocycles. The van der Waals surface area contributed by atoms with Crippen LogP contribution in [0, 0.1) is 0 Å². The van der Waals surface area contributed by atoms with E-state index in [1.54, 1.807) is 12.7 Å². The highest BCUT2D eigenvalue weighted by molar-refractivity contribution is 5.55. The first kappa shape index (κ1) is 12.7. The molecule has 1 unspecified atom stereocenters. The van der Waals surface area contributed by atoms with Gasteiger partial charge in [-0.2, -0.15) is 0 Å². The van der Waals surface area contributed by atoms with Gasteiger partial charge in [0.2, 0.25) is 0 Å². The summed E-state index contributed by atoms with van der Waals surface area (Å²) in [6.45, 7) is 2.59. The van der Waals surface area contributed by atoms with Crippen molar-refractivity contribution in [3.63, 3.8) is 0 Å². The summed E-state index contributed by atoms with van der Waals surface area (Å²) in [5.41, 5.74) is 2.94. The quantitative estimate of drug-likeness (QED) is 0.818. The van der Waals surface area contributed by atoms with E-state index in [2.05, 4.69) is 23.1 Å². The molecule has 0 aromatic heterocycles.